The molecule has 106 valence electrons. The first-order valence-electron chi connectivity index (χ1n) is 7.18. The van der Waals surface area contributed by atoms with Gasteiger partial charge in [0.15, 0.2) is 8.32 Å². The average molecular weight is 270 g/mol. The summed E-state index contributed by atoms with van der Waals surface area (Å²) >= 11 is 0. The summed E-state index contributed by atoms with van der Waals surface area (Å²) in [6.07, 6.45) is 0.766. The van der Waals surface area contributed by atoms with Crippen molar-refractivity contribution in [2.45, 2.75) is 72.2 Å². The predicted molar refractivity (Wildman–Crippen MR) is 79.2 cm³/mol. The Kier molecular flexibility index (Phi) is 4.49. The van der Waals surface area contributed by atoms with Crippen LogP contribution >= 0.6 is 0 Å². The monoisotopic (exact) mass is 270 g/mol. The van der Waals surface area contributed by atoms with Gasteiger partial charge in [-0.1, -0.05) is 41.5 Å². The molecule has 0 aromatic heterocycles. The maximum absolute atomic E-state index is 12.1. The van der Waals surface area contributed by atoms with Crippen LogP contribution in [0.2, 0.25) is 18.1 Å². The lowest BCUT2D eigenvalue weighted by Crippen LogP contribution is -2.44. The van der Waals surface area contributed by atoms with E-state index >= 15 is 0 Å². The molecule has 0 heterocycles. The molecule has 3 heteroatoms. The first kappa shape index (κ1) is 15.9. The normalized spacial score (nSPS) is 30.3. The van der Waals surface area contributed by atoms with Crippen LogP contribution < -0.4 is 0 Å². The lowest BCUT2D eigenvalue weighted by atomic mass is 9.86. The highest BCUT2D eigenvalue weighted by Gasteiger charge is 2.46. The van der Waals surface area contributed by atoms with E-state index in [1.807, 2.05) is 0 Å². The lowest BCUT2D eigenvalue weighted by Gasteiger charge is -2.39. The van der Waals surface area contributed by atoms with Gasteiger partial charge in [0, 0.05) is 12.3 Å². The first-order chi connectivity index (χ1) is 7.97. The van der Waals surface area contributed by atoms with E-state index in [-0.39, 0.29) is 17.1 Å². The Morgan fingerprint density at radius 2 is 1.78 bits per heavy atom. The Bertz CT molecular complexity index is 315. The van der Waals surface area contributed by atoms with Crippen molar-refractivity contribution < 1.29 is 9.22 Å². The van der Waals surface area contributed by atoms with Gasteiger partial charge in [-0.2, -0.15) is 0 Å². The topological polar surface area (TPSA) is 26.3 Å². The fourth-order valence-corrected chi connectivity index (χ4v) is 4.14. The predicted octanol–water partition coefficient (Wildman–Crippen LogP) is 4.26. The van der Waals surface area contributed by atoms with Gasteiger partial charge < -0.3 is 4.43 Å². The summed E-state index contributed by atoms with van der Waals surface area (Å²) in [5.41, 5.74) is 0. The molecule has 0 saturated heterocycles. The maximum atomic E-state index is 12.1. The second kappa shape index (κ2) is 5.08. The van der Waals surface area contributed by atoms with E-state index in [4.69, 9.17) is 4.43 Å². The molecule has 0 unspecified atom stereocenters. The highest BCUT2D eigenvalue weighted by atomic mass is 28.4. The van der Waals surface area contributed by atoms with Gasteiger partial charge in [-0.3, -0.25) is 4.79 Å². The van der Waals surface area contributed by atoms with Gasteiger partial charge >= 0.3 is 0 Å². The Morgan fingerprint density at radius 3 is 2.11 bits per heavy atom. The van der Waals surface area contributed by atoms with E-state index in [1.54, 1.807) is 0 Å². The van der Waals surface area contributed by atoms with E-state index in [0.717, 1.165) is 0 Å². The molecule has 0 aliphatic heterocycles. The molecule has 2 nitrogen and oxygen atoms in total. The van der Waals surface area contributed by atoms with E-state index in [0.29, 0.717) is 24.0 Å². The lowest BCUT2D eigenvalue weighted by molar-refractivity contribution is -0.122. The number of hydrogen-bond acceptors (Lipinski definition) is 2. The van der Waals surface area contributed by atoms with E-state index in [2.05, 4.69) is 54.6 Å². The van der Waals surface area contributed by atoms with E-state index in [1.165, 1.54) is 0 Å². The Morgan fingerprint density at radius 1 is 1.28 bits per heavy atom. The minimum Gasteiger partial charge on any atom is -0.413 e. The third kappa shape index (κ3) is 3.05. The second-order valence-electron chi connectivity index (χ2n) is 7.72. The quantitative estimate of drug-likeness (QED) is 0.716. The molecular formula is C15H30O2Si. The molecule has 1 fully saturated rings. The van der Waals surface area contributed by atoms with Crippen LogP contribution in [0.25, 0.3) is 0 Å². The Labute approximate surface area is 114 Å². The fourth-order valence-electron chi connectivity index (χ4n) is 2.73. The van der Waals surface area contributed by atoms with Crippen LogP contribution in [0.1, 0.15) is 48.0 Å². The van der Waals surface area contributed by atoms with Crippen LogP contribution in [0.3, 0.4) is 0 Å². The number of hydrogen-bond donors (Lipinski definition) is 0. The van der Waals surface area contributed by atoms with Gasteiger partial charge in [-0.05, 0) is 30.0 Å². The molecule has 0 N–H and O–H groups in total. The molecule has 0 bridgehead atoms. The highest BCUT2D eigenvalue weighted by Crippen LogP contribution is 2.42. The zero-order valence-electron chi connectivity index (χ0n) is 13.3. The SMILES string of the molecule is CC(C)[C@H]1C(=O)C[C@@H](O[Si](C)(C)C(C)(C)C)[C@@H]1C. The van der Waals surface area contributed by atoms with Crippen molar-refractivity contribution in [3.8, 4) is 0 Å². The summed E-state index contributed by atoms with van der Waals surface area (Å²) in [5.74, 6) is 1.40. The number of rotatable bonds is 3. The van der Waals surface area contributed by atoms with Crippen LogP contribution in [0.15, 0.2) is 0 Å². The van der Waals surface area contributed by atoms with Gasteiger partial charge in [0.05, 0.1) is 6.10 Å². The van der Waals surface area contributed by atoms with Crippen LogP contribution in [0.4, 0.5) is 0 Å². The smallest absolute Gasteiger partial charge is 0.192 e. The summed E-state index contributed by atoms with van der Waals surface area (Å²) in [6, 6.07) is 0. The second-order valence-corrected chi connectivity index (χ2v) is 12.5. The van der Waals surface area contributed by atoms with Crippen LogP contribution in [-0.4, -0.2) is 20.2 Å². The maximum Gasteiger partial charge on any atom is 0.192 e. The van der Waals surface area contributed by atoms with Crippen LogP contribution in [0.5, 0.6) is 0 Å². The zero-order chi connectivity index (χ0) is 14.3. The molecule has 0 aromatic rings. The Balaban J connectivity index is 2.80. The number of ketones is 1. The number of Topliss-reactive ketones (excluding diaryl/α,β-unsaturated/α-hetero) is 1. The Hall–Kier alpha value is -0.153. The van der Waals surface area contributed by atoms with Crippen molar-refractivity contribution in [2.24, 2.45) is 17.8 Å². The first-order valence-corrected chi connectivity index (χ1v) is 10.1. The summed E-state index contributed by atoms with van der Waals surface area (Å²) in [7, 11) is -1.76. The molecule has 1 saturated carbocycles. The van der Waals surface area contributed by atoms with Crippen molar-refractivity contribution in [3.63, 3.8) is 0 Å². The third-order valence-electron chi connectivity index (χ3n) is 4.90. The number of carbonyl (C=O) groups excluding carboxylic acids is 1. The van der Waals surface area contributed by atoms with Gasteiger partial charge in [0.1, 0.15) is 5.78 Å². The molecule has 0 amide bonds. The molecular weight excluding hydrogens is 240 g/mol. The van der Waals surface area contributed by atoms with Crippen molar-refractivity contribution in [3.05, 3.63) is 0 Å². The van der Waals surface area contributed by atoms with Gasteiger partial charge in [0.25, 0.3) is 0 Å². The molecule has 0 spiro atoms. The van der Waals surface area contributed by atoms with Crippen molar-refractivity contribution in [2.75, 3.05) is 0 Å². The van der Waals surface area contributed by atoms with Crippen molar-refractivity contribution in [1.82, 2.24) is 0 Å². The molecule has 18 heavy (non-hydrogen) atoms. The number of carbonyl (C=O) groups is 1. The third-order valence-corrected chi connectivity index (χ3v) is 9.40. The molecule has 3 atom stereocenters. The highest BCUT2D eigenvalue weighted by molar-refractivity contribution is 6.74. The molecule has 0 aromatic carbocycles. The van der Waals surface area contributed by atoms with Crippen LogP contribution in [-0.2, 0) is 9.22 Å². The van der Waals surface area contributed by atoms with Gasteiger partial charge in [-0.15, -0.1) is 0 Å². The largest absolute Gasteiger partial charge is 0.413 e. The minimum absolute atomic E-state index is 0.144. The van der Waals surface area contributed by atoms with Crippen molar-refractivity contribution >= 4 is 14.1 Å². The summed E-state index contributed by atoms with van der Waals surface area (Å²) < 4.78 is 6.44. The fraction of sp³-hybridized carbons (Fsp3) is 0.933. The zero-order valence-corrected chi connectivity index (χ0v) is 14.3. The summed E-state index contributed by atoms with van der Waals surface area (Å²) in [5, 5.41) is 0.214. The molecule has 0 radical (unpaired) electrons. The average Bonchev–Trinajstić information content (AvgIpc) is 2.38. The van der Waals surface area contributed by atoms with Crippen molar-refractivity contribution in [1.29, 1.82) is 0 Å². The van der Waals surface area contributed by atoms with Crippen LogP contribution in [0, 0.1) is 17.8 Å². The standard InChI is InChI=1S/C15H30O2Si/c1-10(2)14-11(3)13(9-12(14)16)17-18(7,8)15(4,5)6/h10-11,13-14H,9H2,1-8H3/t11-,13+,14+/m0/s1. The van der Waals surface area contributed by atoms with Gasteiger partial charge in [-0.25, -0.2) is 0 Å². The minimum atomic E-state index is -1.76. The van der Waals surface area contributed by atoms with Gasteiger partial charge in [0.2, 0.25) is 0 Å². The summed E-state index contributed by atoms with van der Waals surface area (Å²) in [4.78, 5) is 12.1. The molecule has 1 aliphatic rings. The molecule has 1 aliphatic carbocycles. The molecule has 1 rings (SSSR count). The summed E-state index contributed by atoms with van der Waals surface area (Å²) in [6.45, 7) is 17.8. The van der Waals surface area contributed by atoms with E-state index < -0.39 is 8.32 Å². The van der Waals surface area contributed by atoms with E-state index in [9.17, 15) is 4.79 Å².